The summed E-state index contributed by atoms with van der Waals surface area (Å²) in [6.45, 7) is 1.73. The summed E-state index contributed by atoms with van der Waals surface area (Å²) in [6.07, 6.45) is 1.24. The highest BCUT2D eigenvalue weighted by molar-refractivity contribution is 9.10. The van der Waals surface area contributed by atoms with Crippen molar-refractivity contribution in [2.24, 2.45) is 0 Å². The Labute approximate surface area is 103 Å². The number of pyridine rings is 1. The van der Waals surface area contributed by atoms with E-state index in [0.29, 0.717) is 0 Å². The molecule has 0 saturated heterocycles. The molecule has 0 spiro atoms. The number of aromatic nitrogens is 1. The molecule has 0 aliphatic rings. The highest BCUT2D eigenvalue weighted by atomic mass is 79.9. The summed E-state index contributed by atoms with van der Waals surface area (Å²) >= 11 is 3.40. The molecular formula is C13H12BrNO. The van der Waals surface area contributed by atoms with E-state index in [1.165, 1.54) is 0 Å². The third-order valence-corrected chi connectivity index (χ3v) is 2.94. The molecule has 2 aromatic rings. The Morgan fingerprint density at radius 3 is 2.31 bits per heavy atom. The van der Waals surface area contributed by atoms with E-state index in [-0.39, 0.29) is 0 Å². The minimum Gasteiger partial charge on any atom is -0.389 e. The van der Waals surface area contributed by atoms with Gasteiger partial charge in [0.2, 0.25) is 0 Å². The van der Waals surface area contributed by atoms with Crippen molar-refractivity contribution in [1.82, 2.24) is 4.98 Å². The number of halogens is 1. The van der Waals surface area contributed by atoms with Crippen LogP contribution in [0.15, 0.2) is 47.1 Å². The maximum atomic E-state index is 9.38. The molecule has 2 rings (SSSR count). The Morgan fingerprint density at radius 1 is 1.12 bits per heavy atom. The summed E-state index contributed by atoms with van der Waals surface area (Å²) in [5, 5.41) is 9.38. The van der Waals surface area contributed by atoms with Crippen LogP contribution < -0.4 is 0 Å². The molecular weight excluding hydrogens is 266 g/mol. The summed E-state index contributed by atoms with van der Waals surface area (Å²) in [4.78, 5) is 4.32. The zero-order valence-electron chi connectivity index (χ0n) is 8.89. The smallest absolute Gasteiger partial charge is 0.0776 e. The zero-order valence-corrected chi connectivity index (χ0v) is 10.5. The van der Waals surface area contributed by atoms with Gasteiger partial charge in [-0.15, -0.1) is 0 Å². The predicted molar refractivity (Wildman–Crippen MR) is 68.0 cm³/mol. The van der Waals surface area contributed by atoms with Crippen molar-refractivity contribution in [2.75, 3.05) is 0 Å². The second-order valence-corrected chi connectivity index (χ2v) is 4.58. The first-order valence-corrected chi connectivity index (χ1v) is 5.86. The predicted octanol–water partition coefficient (Wildman–Crippen LogP) is 3.56. The van der Waals surface area contributed by atoms with Crippen LogP contribution in [-0.4, -0.2) is 10.1 Å². The standard InChI is InChI=1S/C13H12BrNO/c1-9(16)11-4-7-13(15-8-11)10-2-5-12(14)6-3-10/h2-9,16H,1H3. The monoisotopic (exact) mass is 277 g/mol. The SMILES string of the molecule is CC(O)c1ccc(-c2ccc(Br)cc2)nc1. The van der Waals surface area contributed by atoms with Gasteiger partial charge >= 0.3 is 0 Å². The van der Waals surface area contributed by atoms with Gasteiger partial charge in [0.25, 0.3) is 0 Å². The maximum Gasteiger partial charge on any atom is 0.0776 e. The first-order valence-electron chi connectivity index (χ1n) is 5.07. The molecule has 2 nitrogen and oxygen atoms in total. The Bertz CT molecular complexity index is 462. The van der Waals surface area contributed by atoms with Gasteiger partial charge in [0.15, 0.2) is 0 Å². The highest BCUT2D eigenvalue weighted by Crippen LogP contribution is 2.21. The molecule has 1 aromatic heterocycles. The Morgan fingerprint density at radius 2 is 1.81 bits per heavy atom. The number of hydrogen-bond donors (Lipinski definition) is 1. The molecule has 0 fully saturated rings. The molecule has 1 heterocycles. The van der Waals surface area contributed by atoms with Gasteiger partial charge in [-0.05, 0) is 30.7 Å². The zero-order chi connectivity index (χ0) is 11.5. The third kappa shape index (κ3) is 2.49. The lowest BCUT2D eigenvalue weighted by Crippen LogP contribution is -1.92. The van der Waals surface area contributed by atoms with Gasteiger partial charge in [-0.3, -0.25) is 4.98 Å². The first kappa shape index (κ1) is 11.3. The molecule has 0 radical (unpaired) electrons. The van der Waals surface area contributed by atoms with Gasteiger partial charge in [0, 0.05) is 16.2 Å². The van der Waals surface area contributed by atoms with E-state index in [9.17, 15) is 5.11 Å². The minimum atomic E-state index is -0.466. The Balaban J connectivity index is 2.31. The van der Waals surface area contributed by atoms with Crippen LogP contribution in [0.25, 0.3) is 11.3 Å². The number of hydrogen-bond acceptors (Lipinski definition) is 2. The maximum absolute atomic E-state index is 9.38. The van der Waals surface area contributed by atoms with Gasteiger partial charge in [-0.2, -0.15) is 0 Å². The lowest BCUT2D eigenvalue weighted by atomic mass is 10.1. The van der Waals surface area contributed by atoms with E-state index in [4.69, 9.17) is 0 Å². The van der Waals surface area contributed by atoms with E-state index in [2.05, 4.69) is 20.9 Å². The van der Waals surface area contributed by atoms with Crippen molar-refractivity contribution in [3.05, 3.63) is 52.6 Å². The fraction of sp³-hybridized carbons (Fsp3) is 0.154. The molecule has 1 N–H and O–H groups in total. The van der Waals surface area contributed by atoms with Crippen LogP contribution in [-0.2, 0) is 0 Å². The second kappa shape index (κ2) is 4.76. The topological polar surface area (TPSA) is 33.1 Å². The van der Waals surface area contributed by atoms with Crippen LogP contribution in [0, 0.1) is 0 Å². The number of benzene rings is 1. The lowest BCUT2D eigenvalue weighted by Gasteiger charge is -2.05. The fourth-order valence-corrected chi connectivity index (χ4v) is 1.71. The van der Waals surface area contributed by atoms with Crippen LogP contribution in [0.4, 0.5) is 0 Å². The summed E-state index contributed by atoms with van der Waals surface area (Å²) in [6, 6.07) is 11.8. The summed E-state index contributed by atoms with van der Waals surface area (Å²) in [5.74, 6) is 0. The molecule has 3 heteroatoms. The average Bonchev–Trinajstić information content (AvgIpc) is 2.30. The number of nitrogens with zero attached hydrogens (tertiary/aromatic N) is 1. The summed E-state index contributed by atoms with van der Waals surface area (Å²) < 4.78 is 1.05. The molecule has 0 aliphatic heterocycles. The van der Waals surface area contributed by atoms with Crippen molar-refractivity contribution in [3.63, 3.8) is 0 Å². The van der Waals surface area contributed by atoms with Gasteiger partial charge < -0.3 is 5.11 Å². The van der Waals surface area contributed by atoms with E-state index >= 15 is 0 Å². The molecule has 82 valence electrons. The normalized spacial score (nSPS) is 12.4. The molecule has 0 aliphatic carbocycles. The largest absolute Gasteiger partial charge is 0.389 e. The molecule has 1 atom stereocenters. The van der Waals surface area contributed by atoms with E-state index in [0.717, 1.165) is 21.3 Å². The molecule has 0 saturated carbocycles. The quantitative estimate of drug-likeness (QED) is 0.911. The van der Waals surface area contributed by atoms with Gasteiger partial charge in [-0.25, -0.2) is 0 Å². The van der Waals surface area contributed by atoms with E-state index in [1.807, 2.05) is 36.4 Å². The van der Waals surface area contributed by atoms with Crippen LogP contribution in [0.5, 0.6) is 0 Å². The third-order valence-electron chi connectivity index (χ3n) is 2.41. The average molecular weight is 278 g/mol. The number of aliphatic hydroxyl groups is 1. The van der Waals surface area contributed by atoms with Gasteiger partial charge in [0.05, 0.1) is 11.8 Å². The van der Waals surface area contributed by atoms with Crippen LogP contribution >= 0.6 is 15.9 Å². The van der Waals surface area contributed by atoms with E-state index in [1.54, 1.807) is 13.1 Å². The summed E-state index contributed by atoms with van der Waals surface area (Å²) in [7, 11) is 0. The van der Waals surface area contributed by atoms with Gasteiger partial charge in [-0.1, -0.05) is 34.1 Å². The van der Waals surface area contributed by atoms with Gasteiger partial charge in [0.1, 0.15) is 0 Å². The van der Waals surface area contributed by atoms with Crippen molar-refractivity contribution < 1.29 is 5.11 Å². The second-order valence-electron chi connectivity index (χ2n) is 3.66. The highest BCUT2D eigenvalue weighted by Gasteiger charge is 2.02. The molecule has 1 aromatic carbocycles. The van der Waals surface area contributed by atoms with Crippen LogP contribution in [0.2, 0.25) is 0 Å². The minimum absolute atomic E-state index is 0.466. The summed E-state index contributed by atoms with van der Waals surface area (Å²) in [5.41, 5.74) is 2.82. The number of aliphatic hydroxyl groups excluding tert-OH is 1. The van der Waals surface area contributed by atoms with Crippen molar-refractivity contribution in [2.45, 2.75) is 13.0 Å². The molecule has 16 heavy (non-hydrogen) atoms. The lowest BCUT2D eigenvalue weighted by molar-refractivity contribution is 0.199. The molecule has 0 amide bonds. The van der Waals surface area contributed by atoms with E-state index < -0.39 is 6.10 Å². The van der Waals surface area contributed by atoms with Crippen LogP contribution in [0.1, 0.15) is 18.6 Å². The number of rotatable bonds is 2. The fourth-order valence-electron chi connectivity index (χ4n) is 1.44. The Hall–Kier alpha value is -1.19. The van der Waals surface area contributed by atoms with Crippen molar-refractivity contribution in [1.29, 1.82) is 0 Å². The Kier molecular flexibility index (Phi) is 3.36. The first-order chi connectivity index (χ1) is 7.66. The molecule has 0 bridgehead atoms. The molecule has 1 unspecified atom stereocenters. The van der Waals surface area contributed by atoms with Crippen LogP contribution in [0.3, 0.4) is 0 Å². The van der Waals surface area contributed by atoms with Crippen molar-refractivity contribution >= 4 is 15.9 Å². The van der Waals surface area contributed by atoms with Crippen molar-refractivity contribution in [3.8, 4) is 11.3 Å².